The third-order valence-electron chi connectivity index (χ3n) is 8.02. The van der Waals surface area contributed by atoms with Crippen molar-refractivity contribution in [3.63, 3.8) is 0 Å². The summed E-state index contributed by atoms with van der Waals surface area (Å²) in [6, 6.07) is 10.4. The van der Waals surface area contributed by atoms with Gasteiger partial charge in [-0.15, -0.1) is 0 Å². The topological polar surface area (TPSA) is 66.9 Å². The number of fused-ring (bicyclic) bond motifs is 4. The highest BCUT2D eigenvalue weighted by Crippen LogP contribution is 2.48. The van der Waals surface area contributed by atoms with Crippen LogP contribution in [-0.4, -0.2) is 50.4 Å². The van der Waals surface area contributed by atoms with Crippen LogP contribution >= 0.6 is 0 Å². The molecule has 0 radical (unpaired) electrons. The molecule has 7 nitrogen and oxygen atoms in total. The second kappa shape index (κ2) is 8.61. The average Bonchev–Trinajstić information content (AvgIpc) is 3.02. The first kappa shape index (κ1) is 20.9. The molecule has 2 aliphatic heterocycles. The van der Waals surface area contributed by atoms with Crippen molar-refractivity contribution in [2.45, 2.75) is 38.3 Å². The van der Waals surface area contributed by atoms with Gasteiger partial charge in [0.25, 0.3) is 0 Å². The third kappa shape index (κ3) is 3.77. The van der Waals surface area contributed by atoms with Crippen molar-refractivity contribution in [2.24, 2.45) is 17.8 Å². The second-order valence-corrected chi connectivity index (χ2v) is 9.83. The number of nitrogens with zero attached hydrogens (tertiary/aromatic N) is 3. The highest BCUT2D eigenvalue weighted by Gasteiger charge is 2.46. The maximum Gasteiger partial charge on any atom is 0.230 e. The first-order chi connectivity index (χ1) is 16.2. The minimum atomic E-state index is 0.0482. The van der Waals surface area contributed by atoms with Crippen LogP contribution in [0.3, 0.4) is 0 Å². The van der Waals surface area contributed by atoms with E-state index in [9.17, 15) is 4.79 Å². The summed E-state index contributed by atoms with van der Waals surface area (Å²) in [6.07, 6.45) is 6.34. The standard InChI is InChI=1S/C26H32N4O3/c1-32-24-17-4-5-18(24)14-20(13-17)26(31)30-16-19-3-2-8-27-25(19)28-22-7-6-21(15-23(22)30)29-9-11-33-12-10-29/h2-3,6-8,15,17-18,20,24H,4-5,9-14,16H2,1H3,(H,27,28)/t17?,18?,20-,24-. The van der Waals surface area contributed by atoms with Crippen LogP contribution in [0.25, 0.3) is 0 Å². The number of amides is 1. The lowest BCUT2D eigenvalue weighted by atomic mass is 9.78. The molecule has 2 bridgehead atoms. The largest absolute Gasteiger partial charge is 0.381 e. The van der Waals surface area contributed by atoms with Crippen molar-refractivity contribution in [2.75, 3.05) is 48.5 Å². The number of methoxy groups -OCH3 is 1. The summed E-state index contributed by atoms with van der Waals surface area (Å²) in [7, 11) is 1.83. The van der Waals surface area contributed by atoms with Gasteiger partial charge in [0.05, 0.1) is 37.2 Å². The number of carbonyl (C=O) groups is 1. The summed E-state index contributed by atoms with van der Waals surface area (Å²) in [4.78, 5) is 23.0. The van der Waals surface area contributed by atoms with Gasteiger partial charge in [0.15, 0.2) is 0 Å². The van der Waals surface area contributed by atoms with Gasteiger partial charge in [-0.2, -0.15) is 0 Å². The molecule has 1 aromatic carbocycles. The molecule has 2 aromatic rings. The van der Waals surface area contributed by atoms with Gasteiger partial charge in [-0.3, -0.25) is 4.79 Å². The van der Waals surface area contributed by atoms with E-state index in [1.165, 1.54) is 12.8 Å². The quantitative estimate of drug-likeness (QED) is 0.767. The van der Waals surface area contributed by atoms with E-state index in [0.717, 1.165) is 67.6 Å². The van der Waals surface area contributed by atoms with Crippen molar-refractivity contribution in [3.8, 4) is 0 Å². The molecule has 4 aliphatic rings. The molecule has 2 aliphatic carbocycles. The first-order valence-corrected chi connectivity index (χ1v) is 12.2. The Hall–Kier alpha value is -2.64. The smallest absolute Gasteiger partial charge is 0.230 e. The molecule has 2 unspecified atom stereocenters. The summed E-state index contributed by atoms with van der Waals surface area (Å²) in [5.74, 6) is 2.12. The maximum absolute atomic E-state index is 14.1. The van der Waals surface area contributed by atoms with E-state index >= 15 is 0 Å². The number of aromatic nitrogens is 1. The van der Waals surface area contributed by atoms with Gasteiger partial charge in [-0.05, 0) is 61.8 Å². The third-order valence-corrected chi connectivity index (χ3v) is 8.02. The van der Waals surface area contributed by atoms with Crippen LogP contribution in [0, 0.1) is 17.8 Å². The van der Waals surface area contributed by atoms with Crippen LogP contribution in [-0.2, 0) is 20.8 Å². The molecular weight excluding hydrogens is 416 g/mol. The van der Waals surface area contributed by atoms with Gasteiger partial charge in [-0.25, -0.2) is 4.98 Å². The van der Waals surface area contributed by atoms with E-state index in [0.29, 0.717) is 24.5 Å². The van der Waals surface area contributed by atoms with E-state index in [2.05, 4.69) is 39.5 Å². The predicted molar refractivity (Wildman–Crippen MR) is 128 cm³/mol. The van der Waals surface area contributed by atoms with Crippen molar-refractivity contribution in [1.29, 1.82) is 0 Å². The van der Waals surface area contributed by atoms with Crippen molar-refractivity contribution in [3.05, 3.63) is 42.1 Å². The fourth-order valence-corrected chi connectivity index (χ4v) is 6.41. The number of pyridine rings is 1. The zero-order valence-corrected chi connectivity index (χ0v) is 19.2. The van der Waals surface area contributed by atoms with Gasteiger partial charge in [-0.1, -0.05) is 6.07 Å². The van der Waals surface area contributed by atoms with E-state index in [1.807, 2.05) is 18.1 Å². The number of carbonyl (C=O) groups excluding carboxylic acids is 1. The molecule has 2 saturated carbocycles. The molecule has 0 spiro atoms. The Morgan fingerprint density at radius 1 is 1.15 bits per heavy atom. The summed E-state index contributed by atoms with van der Waals surface area (Å²) in [6.45, 7) is 3.74. The molecule has 1 amide bonds. The van der Waals surface area contributed by atoms with Gasteiger partial charge in [0.2, 0.25) is 5.91 Å². The monoisotopic (exact) mass is 448 g/mol. The lowest BCUT2D eigenvalue weighted by Crippen LogP contribution is -2.42. The normalized spacial score (nSPS) is 28.5. The Kier molecular flexibility index (Phi) is 5.46. The van der Waals surface area contributed by atoms with Crippen molar-refractivity contribution >= 4 is 28.8 Å². The second-order valence-electron chi connectivity index (χ2n) is 9.83. The first-order valence-electron chi connectivity index (χ1n) is 12.2. The number of nitrogens with one attached hydrogen (secondary N) is 1. The summed E-state index contributed by atoms with van der Waals surface area (Å²) in [5, 5.41) is 3.50. The summed E-state index contributed by atoms with van der Waals surface area (Å²) in [5.41, 5.74) is 4.07. The molecule has 3 heterocycles. The Bertz CT molecular complexity index is 1020. The predicted octanol–water partition coefficient (Wildman–Crippen LogP) is 3.96. The lowest BCUT2D eigenvalue weighted by molar-refractivity contribution is -0.126. The van der Waals surface area contributed by atoms with Crippen LogP contribution < -0.4 is 15.1 Å². The van der Waals surface area contributed by atoms with Gasteiger partial charge in [0.1, 0.15) is 5.82 Å². The molecule has 174 valence electrons. The Morgan fingerprint density at radius 3 is 2.70 bits per heavy atom. The van der Waals surface area contributed by atoms with Crippen molar-refractivity contribution < 1.29 is 14.3 Å². The molecule has 33 heavy (non-hydrogen) atoms. The summed E-state index contributed by atoms with van der Waals surface area (Å²) < 4.78 is 11.3. The zero-order chi connectivity index (χ0) is 22.4. The van der Waals surface area contributed by atoms with Gasteiger partial charge < -0.3 is 24.6 Å². The molecule has 2 atom stereocenters. The maximum atomic E-state index is 14.1. The van der Waals surface area contributed by atoms with E-state index in [1.54, 1.807) is 6.20 Å². The van der Waals surface area contributed by atoms with Crippen molar-refractivity contribution in [1.82, 2.24) is 4.98 Å². The van der Waals surface area contributed by atoms with E-state index < -0.39 is 0 Å². The molecule has 7 heteroatoms. The van der Waals surface area contributed by atoms with Crippen LogP contribution in [0.5, 0.6) is 0 Å². The number of ether oxygens (including phenoxy) is 2. The molecular formula is C26H32N4O3. The highest BCUT2D eigenvalue weighted by atomic mass is 16.5. The average molecular weight is 449 g/mol. The Balaban J connectivity index is 1.35. The van der Waals surface area contributed by atoms with Crippen LogP contribution in [0.15, 0.2) is 36.5 Å². The van der Waals surface area contributed by atoms with Gasteiger partial charge in [0, 0.05) is 43.6 Å². The molecule has 3 fully saturated rings. The van der Waals surface area contributed by atoms with Gasteiger partial charge >= 0.3 is 0 Å². The number of anilines is 4. The number of morpholine rings is 1. The fraction of sp³-hybridized carbons (Fsp3) is 0.538. The highest BCUT2D eigenvalue weighted by molar-refractivity contribution is 6.00. The lowest BCUT2D eigenvalue weighted by Gasteiger charge is -2.36. The minimum Gasteiger partial charge on any atom is -0.381 e. The molecule has 1 aromatic heterocycles. The van der Waals surface area contributed by atoms with Crippen LogP contribution in [0.4, 0.5) is 22.9 Å². The molecule has 1 N–H and O–H groups in total. The molecule has 1 saturated heterocycles. The Morgan fingerprint density at radius 2 is 1.94 bits per heavy atom. The van der Waals surface area contributed by atoms with Crippen LogP contribution in [0.1, 0.15) is 31.2 Å². The number of benzene rings is 1. The Labute approximate surface area is 195 Å². The molecule has 6 rings (SSSR count). The van der Waals surface area contributed by atoms with E-state index in [4.69, 9.17) is 9.47 Å². The number of hydrogen-bond acceptors (Lipinski definition) is 6. The van der Waals surface area contributed by atoms with Crippen LogP contribution in [0.2, 0.25) is 0 Å². The van der Waals surface area contributed by atoms with E-state index in [-0.39, 0.29) is 11.8 Å². The SMILES string of the molecule is CO[C@H]1C2CCC1C[C@@H](C(=O)N1Cc3cccnc3Nc3ccc(N4CCOCC4)cc31)C2. The number of rotatable bonds is 3. The fourth-order valence-electron chi connectivity index (χ4n) is 6.41. The zero-order valence-electron chi connectivity index (χ0n) is 19.2. The number of hydrogen-bond donors (Lipinski definition) is 1. The summed E-state index contributed by atoms with van der Waals surface area (Å²) >= 11 is 0. The minimum absolute atomic E-state index is 0.0482.